The number of hydrogen-bond acceptors (Lipinski definition) is 5. The maximum absolute atomic E-state index is 12.9. The smallest absolute Gasteiger partial charge is 0.240 e. The molecule has 9 heteroatoms. The number of ether oxygens (including phenoxy) is 1. The zero-order chi connectivity index (χ0) is 21.3. The van der Waals surface area contributed by atoms with Gasteiger partial charge in [0.05, 0.1) is 19.1 Å². The summed E-state index contributed by atoms with van der Waals surface area (Å²) < 4.78 is 43.3. The molecule has 0 aromatic heterocycles. The minimum Gasteiger partial charge on any atom is -0.497 e. The van der Waals surface area contributed by atoms with Crippen LogP contribution in [0.1, 0.15) is 12.0 Å². The van der Waals surface area contributed by atoms with E-state index in [2.05, 4.69) is 5.32 Å². The van der Waals surface area contributed by atoms with Gasteiger partial charge in [-0.25, -0.2) is 12.8 Å². The molecule has 2 rings (SSSR count). The third kappa shape index (κ3) is 7.94. The number of methoxy groups -OCH3 is 1. The molecule has 29 heavy (non-hydrogen) atoms. The quantitative estimate of drug-likeness (QED) is 0.544. The van der Waals surface area contributed by atoms with Crippen LogP contribution in [0.2, 0.25) is 0 Å². The highest BCUT2D eigenvalue weighted by Gasteiger charge is 2.21. The number of anilines is 1. The van der Waals surface area contributed by atoms with Gasteiger partial charge in [0.2, 0.25) is 15.9 Å². The molecule has 0 fully saturated rings. The molecule has 0 unspecified atom stereocenters. The lowest BCUT2D eigenvalue weighted by Crippen LogP contribution is -2.40. The van der Waals surface area contributed by atoms with E-state index in [0.29, 0.717) is 18.0 Å². The molecule has 0 aliphatic rings. The van der Waals surface area contributed by atoms with Crippen molar-refractivity contribution >= 4 is 33.4 Å². The lowest BCUT2D eigenvalue weighted by molar-refractivity contribution is -0.119. The van der Waals surface area contributed by atoms with Crippen molar-refractivity contribution in [3.8, 4) is 5.75 Å². The Kier molecular flexibility index (Phi) is 8.78. The van der Waals surface area contributed by atoms with Crippen molar-refractivity contribution < 1.29 is 22.3 Å². The minimum atomic E-state index is -3.62. The molecule has 0 saturated carbocycles. The minimum absolute atomic E-state index is 0.251. The van der Waals surface area contributed by atoms with Crippen LogP contribution in [-0.2, 0) is 20.6 Å². The number of amides is 1. The molecule has 0 radical (unpaired) electrons. The monoisotopic (exact) mass is 440 g/mol. The fraction of sp³-hybridized carbons (Fsp3) is 0.350. The first-order valence-corrected chi connectivity index (χ1v) is 12.0. The highest BCUT2D eigenvalue weighted by atomic mass is 32.2. The highest BCUT2D eigenvalue weighted by molar-refractivity contribution is 7.98. The number of nitrogens with one attached hydrogen (secondary N) is 1. The van der Waals surface area contributed by atoms with Crippen LogP contribution in [0, 0.1) is 5.82 Å². The molecule has 0 aliphatic carbocycles. The molecule has 158 valence electrons. The van der Waals surface area contributed by atoms with E-state index in [-0.39, 0.29) is 18.3 Å². The average Bonchev–Trinajstić information content (AvgIpc) is 2.69. The summed E-state index contributed by atoms with van der Waals surface area (Å²) in [5.74, 6) is 1.48. The van der Waals surface area contributed by atoms with E-state index in [4.69, 9.17) is 4.74 Å². The first-order valence-electron chi connectivity index (χ1n) is 9.00. The maximum atomic E-state index is 12.9. The SMILES string of the molecule is COc1cccc(N(CC(=O)NCCCSCc2ccc(F)cc2)S(C)(=O)=O)c1. The van der Waals surface area contributed by atoms with Gasteiger partial charge in [-0.05, 0) is 42.0 Å². The van der Waals surface area contributed by atoms with Crippen molar-refractivity contribution in [2.75, 3.05) is 36.5 Å². The van der Waals surface area contributed by atoms with Crippen molar-refractivity contribution in [3.05, 3.63) is 59.9 Å². The lowest BCUT2D eigenvalue weighted by atomic mass is 10.2. The van der Waals surface area contributed by atoms with Gasteiger partial charge in [0.1, 0.15) is 18.1 Å². The summed E-state index contributed by atoms with van der Waals surface area (Å²) in [7, 11) is -2.13. The Bertz CT molecular complexity index is 905. The molecular formula is C20H25FN2O4S2. The molecule has 1 amide bonds. The Morgan fingerprint density at radius 3 is 2.59 bits per heavy atom. The molecule has 0 heterocycles. The molecule has 0 bridgehead atoms. The summed E-state index contributed by atoms with van der Waals surface area (Å²) in [4.78, 5) is 12.2. The van der Waals surface area contributed by atoms with Gasteiger partial charge in [0.25, 0.3) is 0 Å². The van der Waals surface area contributed by atoms with E-state index in [1.807, 2.05) is 0 Å². The second-order valence-electron chi connectivity index (χ2n) is 6.35. The van der Waals surface area contributed by atoms with Crippen LogP contribution in [0.3, 0.4) is 0 Å². The summed E-state index contributed by atoms with van der Waals surface area (Å²) in [5.41, 5.74) is 1.42. The predicted octanol–water partition coefficient (Wildman–Crippen LogP) is 3.04. The van der Waals surface area contributed by atoms with E-state index in [9.17, 15) is 17.6 Å². The van der Waals surface area contributed by atoms with E-state index in [1.165, 1.54) is 19.2 Å². The van der Waals surface area contributed by atoms with E-state index >= 15 is 0 Å². The van der Waals surface area contributed by atoms with Crippen molar-refractivity contribution in [2.24, 2.45) is 0 Å². The van der Waals surface area contributed by atoms with Crippen molar-refractivity contribution in [1.29, 1.82) is 0 Å². The van der Waals surface area contributed by atoms with Gasteiger partial charge in [0, 0.05) is 18.4 Å². The van der Waals surface area contributed by atoms with E-state index in [1.54, 1.807) is 48.2 Å². The molecule has 1 N–H and O–H groups in total. The number of carbonyl (C=O) groups excluding carboxylic acids is 1. The summed E-state index contributed by atoms with van der Waals surface area (Å²) in [5, 5.41) is 2.75. The summed E-state index contributed by atoms with van der Waals surface area (Å²) in [6, 6.07) is 12.9. The van der Waals surface area contributed by atoms with Gasteiger partial charge >= 0.3 is 0 Å². The number of benzene rings is 2. The molecule has 0 saturated heterocycles. The standard InChI is InChI=1S/C20H25FN2O4S2/c1-27-19-6-3-5-18(13-19)23(29(2,25)26)14-20(24)22-11-4-12-28-15-16-7-9-17(21)10-8-16/h3,5-10,13H,4,11-12,14-15H2,1-2H3,(H,22,24). The zero-order valence-electron chi connectivity index (χ0n) is 16.4. The number of halogens is 1. The fourth-order valence-corrected chi connectivity index (χ4v) is 4.29. The van der Waals surface area contributed by atoms with Crippen molar-refractivity contribution in [3.63, 3.8) is 0 Å². The van der Waals surface area contributed by atoms with Gasteiger partial charge in [-0.3, -0.25) is 9.10 Å². The average molecular weight is 441 g/mol. The predicted molar refractivity (Wildman–Crippen MR) is 115 cm³/mol. The number of thioether (sulfide) groups is 1. The third-order valence-corrected chi connectivity index (χ3v) is 6.25. The van der Waals surface area contributed by atoms with Crippen LogP contribution in [0.15, 0.2) is 48.5 Å². The summed E-state index contributed by atoms with van der Waals surface area (Å²) >= 11 is 1.69. The van der Waals surface area contributed by atoms with Crippen molar-refractivity contribution in [1.82, 2.24) is 5.32 Å². The molecule has 2 aromatic carbocycles. The number of nitrogens with zero attached hydrogens (tertiary/aromatic N) is 1. The van der Waals surface area contributed by atoms with Crippen LogP contribution in [-0.4, -0.2) is 46.5 Å². The fourth-order valence-electron chi connectivity index (χ4n) is 2.52. The van der Waals surface area contributed by atoms with Gasteiger partial charge in [-0.1, -0.05) is 18.2 Å². The molecule has 0 spiro atoms. The number of hydrogen-bond donors (Lipinski definition) is 1. The zero-order valence-corrected chi connectivity index (χ0v) is 18.1. The Morgan fingerprint density at radius 2 is 1.93 bits per heavy atom. The van der Waals surface area contributed by atoms with E-state index < -0.39 is 10.0 Å². The summed E-state index contributed by atoms with van der Waals surface area (Å²) in [6.07, 6.45) is 1.81. The second-order valence-corrected chi connectivity index (χ2v) is 9.37. The number of rotatable bonds is 11. The number of sulfonamides is 1. The Hall–Kier alpha value is -2.26. The summed E-state index contributed by atoms with van der Waals surface area (Å²) in [6.45, 7) is 0.152. The molecule has 0 atom stereocenters. The first-order chi connectivity index (χ1) is 13.8. The largest absolute Gasteiger partial charge is 0.497 e. The normalized spacial score (nSPS) is 11.1. The molecule has 0 aliphatic heterocycles. The van der Waals surface area contributed by atoms with Gasteiger partial charge < -0.3 is 10.1 Å². The lowest BCUT2D eigenvalue weighted by Gasteiger charge is -2.22. The second kappa shape index (κ2) is 11.1. The topological polar surface area (TPSA) is 75.7 Å². The molecule has 6 nitrogen and oxygen atoms in total. The maximum Gasteiger partial charge on any atom is 0.240 e. The Labute approximate surface area is 175 Å². The Morgan fingerprint density at radius 1 is 1.21 bits per heavy atom. The number of carbonyl (C=O) groups is 1. The molecular weight excluding hydrogens is 415 g/mol. The van der Waals surface area contributed by atoms with Crippen LogP contribution in [0.4, 0.5) is 10.1 Å². The first kappa shape index (κ1) is 23.0. The Balaban J connectivity index is 1.77. The third-order valence-electron chi connectivity index (χ3n) is 4.00. The van der Waals surface area contributed by atoms with Gasteiger partial charge in [-0.15, -0.1) is 0 Å². The van der Waals surface area contributed by atoms with Crippen LogP contribution < -0.4 is 14.4 Å². The van der Waals surface area contributed by atoms with Crippen LogP contribution in [0.5, 0.6) is 5.75 Å². The highest BCUT2D eigenvalue weighted by Crippen LogP contribution is 2.22. The van der Waals surface area contributed by atoms with Crippen LogP contribution in [0.25, 0.3) is 0 Å². The van der Waals surface area contributed by atoms with E-state index in [0.717, 1.165) is 34.1 Å². The van der Waals surface area contributed by atoms with Crippen LogP contribution >= 0.6 is 11.8 Å². The molecule has 2 aromatic rings. The van der Waals surface area contributed by atoms with Gasteiger partial charge in [-0.2, -0.15) is 11.8 Å². The van der Waals surface area contributed by atoms with Gasteiger partial charge in [0.15, 0.2) is 0 Å². The van der Waals surface area contributed by atoms with Crippen molar-refractivity contribution in [2.45, 2.75) is 12.2 Å².